The Morgan fingerprint density at radius 2 is 2.25 bits per heavy atom. The fourth-order valence-electron chi connectivity index (χ4n) is 2.78. The van der Waals surface area contributed by atoms with Crippen LogP contribution >= 0.6 is 0 Å². The maximum atomic E-state index is 9.09. The van der Waals surface area contributed by atoms with Gasteiger partial charge in [-0.15, -0.1) is 5.10 Å². The zero-order chi connectivity index (χ0) is 13.8. The highest BCUT2D eigenvalue weighted by Gasteiger charge is 2.27. The van der Waals surface area contributed by atoms with E-state index < -0.39 is 0 Å². The van der Waals surface area contributed by atoms with Crippen LogP contribution in [0.1, 0.15) is 43.1 Å². The molecule has 1 aliphatic rings. The second-order valence-electron chi connectivity index (χ2n) is 5.18. The number of hydrogen-bond donors (Lipinski definition) is 2. The average molecular weight is 277 g/mol. The van der Waals surface area contributed by atoms with Gasteiger partial charge in [-0.3, -0.25) is 0 Å². The van der Waals surface area contributed by atoms with Crippen LogP contribution < -0.4 is 5.32 Å². The van der Waals surface area contributed by atoms with Crippen LogP contribution in [0.25, 0.3) is 0 Å². The third kappa shape index (κ3) is 2.88. The zero-order valence-corrected chi connectivity index (χ0v) is 11.3. The largest absolute Gasteiger partial charge is 0.390 e. The van der Waals surface area contributed by atoms with E-state index in [0.717, 1.165) is 18.5 Å². The molecule has 0 amide bonds. The standard InChI is InChI=1S/C13H19N5O2/c19-9-11-8-18(17-15-11)13-4-2-1-3-12(13)14-7-10-5-6-20-16-10/h5-6,8,12-14,19H,1-4,7,9H2/t12-,13+/m0/s1. The number of nitrogens with zero attached hydrogens (tertiary/aromatic N) is 4. The molecular formula is C13H19N5O2. The van der Waals surface area contributed by atoms with Crippen LogP contribution in [0.3, 0.4) is 0 Å². The minimum absolute atomic E-state index is 0.0657. The van der Waals surface area contributed by atoms with Crippen LogP contribution in [0.2, 0.25) is 0 Å². The van der Waals surface area contributed by atoms with E-state index in [1.165, 1.54) is 12.8 Å². The lowest BCUT2D eigenvalue weighted by atomic mass is 9.90. The Bertz CT molecular complexity index is 525. The van der Waals surface area contributed by atoms with Gasteiger partial charge in [-0.2, -0.15) is 0 Å². The van der Waals surface area contributed by atoms with Gasteiger partial charge in [0.2, 0.25) is 0 Å². The number of aromatic nitrogens is 4. The van der Waals surface area contributed by atoms with Gasteiger partial charge in [0.15, 0.2) is 0 Å². The Morgan fingerprint density at radius 1 is 1.35 bits per heavy atom. The van der Waals surface area contributed by atoms with Crippen molar-refractivity contribution in [3.63, 3.8) is 0 Å². The third-order valence-electron chi connectivity index (χ3n) is 3.83. The molecule has 0 aromatic carbocycles. The summed E-state index contributed by atoms with van der Waals surface area (Å²) in [6.07, 6.45) is 8.01. The molecule has 0 spiro atoms. The second-order valence-corrected chi connectivity index (χ2v) is 5.18. The molecule has 2 N–H and O–H groups in total. The minimum atomic E-state index is -0.0657. The van der Waals surface area contributed by atoms with Gasteiger partial charge in [-0.1, -0.05) is 23.2 Å². The summed E-state index contributed by atoms with van der Waals surface area (Å²) >= 11 is 0. The van der Waals surface area contributed by atoms with Crippen molar-refractivity contribution < 1.29 is 9.63 Å². The molecule has 1 fully saturated rings. The summed E-state index contributed by atoms with van der Waals surface area (Å²) in [5, 5.41) is 24.6. The molecule has 1 saturated carbocycles. The molecule has 3 rings (SSSR count). The minimum Gasteiger partial charge on any atom is -0.390 e. The highest BCUT2D eigenvalue weighted by molar-refractivity contribution is 4.97. The molecule has 7 heteroatoms. The first-order valence-electron chi connectivity index (χ1n) is 7.01. The van der Waals surface area contributed by atoms with E-state index in [9.17, 15) is 0 Å². The Morgan fingerprint density at radius 3 is 3.00 bits per heavy atom. The first-order chi connectivity index (χ1) is 9.86. The van der Waals surface area contributed by atoms with Gasteiger partial charge in [0.25, 0.3) is 0 Å². The van der Waals surface area contributed by atoms with E-state index in [1.807, 2.05) is 16.9 Å². The molecule has 0 unspecified atom stereocenters. The molecular weight excluding hydrogens is 258 g/mol. The fraction of sp³-hybridized carbons (Fsp3) is 0.615. The second kappa shape index (κ2) is 6.15. The Balaban J connectivity index is 1.67. The first kappa shape index (κ1) is 13.3. The third-order valence-corrected chi connectivity index (χ3v) is 3.83. The van der Waals surface area contributed by atoms with Crippen molar-refractivity contribution in [1.29, 1.82) is 0 Å². The molecule has 0 saturated heterocycles. The lowest BCUT2D eigenvalue weighted by Crippen LogP contribution is -2.39. The summed E-state index contributed by atoms with van der Waals surface area (Å²) in [6.45, 7) is 0.628. The summed E-state index contributed by atoms with van der Waals surface area (Å²) in [5.41, 5.74) is 1.52. The van der Waals surface area contributed by atoms with Gasteiger partial charge in [-0.25, -0.2) is 4.68 Å². The van der Waals surface area contributed by atoms with Gasteiger partial charge < -0.3 is 14.9 Å². The van der Waals surface area contributed by atoms with Crippen LogP contribution in [0.4, 0.5) is 0 Å². The number of aliphatic hydroxyl groups excluding tert-OH is 1. The molecule has 20 heavy (non-hydrogen) atoms. The van der Waals surface area contributed by atoms with Crippen molar-refractivity contribution in [3.8, 4) is 0 Å². The first-order valence-corrected chi connectivity index (χ1v) is 7.01. The van der Waals surface area contributed by atoms with Gasteiger partial charge >= 0.3 is 0 Å². The molecule has 108 valence electrons. The number of aliphatic hydroxyl groups is 1. The zero-order valence-electron chi connectivity index (χ0n) is 11.3. The Kier molecular flexibility index (Phi) is 4.08. The maximum absolute atomic E-state index is 9.09. The molecule has 2 aromatic heterocycles. The van der Waals surface area contributed by atoms with Crippen LogP contribution in [-0.2, 0) is 13.2 Å². The molecule has 7 nitrogen and oxygen atoms in total. The predicted molar refractivity (Wildman–Crippen MR) is 70.6 cm³/mol. The van der Waals surface area contributed by atoms with Crippen molar-refractivity contribution in [3.05, 3.63) is 29.9 Å². The molecule has 0 radical (unpaired) electrons. The fourth-order valence-corrected chi connectivity index (χ4v) is 2.78. The smallest absolute Gasteiger partial charge is 0.124 e. The summed E-state index contributed by atoms with van der Waals surface area (Å²) in [6, 6.07) is 2.49. The normalized spacial score (nSPS) is 23.1. The van der Waals surface area contributed by atoms with E-state index in [1.54, 1.807) is 6.26 Å². The highest BCUT2D eigenvalue weighted by Crippen LogP contribution is 2.28. The van der Waals surface area contributed by atoms with Gasteiger partial charge in [0, 0.05) is 18.7 Å². The maximum Gasteiger partial charge on any atom is 0.124 e. The molecule has 2 heterocycles. The number of hydrogen-bond acceptors (Lipinski definition) is 6. The average Bonchev–Trinajstić information content (AvgIpc) is 3.16. The highest BCUT2D eigenvalue weighted by atomic mass is 16.5. The van der Waals surface area contributed by atoms with E-state index in [2.05, 4.69) is 20.8 Å². The number of nitrogens with one attached hydrogen (secondary N) is 1. The van der Waals surface area contributed by atoms with Crippen LogP contribution in [0.5, 0.6) is 0 Å². The Hall–Kier alpha value is -1.73. The predicted octanol–water partition coefficient (Wildman–Crippen LogP) is 1.03. The van der Waals surface area contributed by atoms with E-state index in [-0.39, 0.29) is 12.6 Å². The SMILES string of the molecule is OCc1cn([C@@H]2CCCC[C@@H]2NCc2ccon2)nn1. The Labute approximate surface area is 117 Å². The molecule has 1 aliphatic carbocycles. The van der Waals surface area contributed by atoms with Crippen molar-refractivity contribution in [2.75, 3.05) is 0 Å². The van der Waals surface area contributed by atoms with Crippen LogP contribution in [-0.4, -0.2) is 31.3 Å². The van der Waals surface area contributed by atoms with Gasteiger partial charge in [0.05, 0.1) is 24.5 Å². The molecule has 2 aromatic rings. The molecule has 0 aliphatic heterocycles. The topological polar surface area (TPSA) is 89.0 Å². The summed E-state index contributed by atoms with van der Waals surface area (Å²) in [4.78, 5) is 0. The van der Waals surface area contributed by atoms with Crippen molar-refractivity contribution in [2.45, 2.75) is 50.9 Å². The molecule has 2 atom stereocenters. The summed E-state index contributed by atoms with van der Waals surface area (Å²) in [5.74, 6) is 0. The van der Waals surface area contributed by atoms with Gasteiger partial charge in [-0.05, 0) is 12.8 Å². The van der Waals surface area contributed by atoms with E-state index in [0.29, 0.717) is 18.3 Å². The number of rotatable bonds is 5. The lowest BCUT2D eigenvalue weighted by Gasteiger charge is -2.31. The van der Waals surface area contributed by atoms with Crippen molar-refractivity contribution >= 4 is 0 Å². The quantitative estimate of drug-likeness (QED) is 0.848. The van der Waals surface area contributed by atoms with Crippen molar-refractivity contribution in [1.82, 2.24) is 25.5 Å². The van der Waals surface area contributed by atoms with Crippen molar-refractivity contribution in [2.24, 2.45) is 0 Å². The summed E-state index contributed by atoms with van der Waals surface area (Å²) in [7, 11) is 0. The monoisotopic (exact) mass is 277 g/mol. The van der Waals surface area contributed by atoms with Crippen LogP contribution in [0.15, 0.2) is 23.0 Å². The van der Waals surface area contributed by atoms with Crippen LogP contribution in [0, 0.1) is 0 Å². The summed E-state index contributed by atoms with van der Waals surface area (Å²) < 4.78 is 6.72. The molecule has 0 bridgehead atoms. The van der Waals surface area contributed by atoms with Gasteiger partial charge in [0.1, 0.15) is 12.0 Å². The van der Waals surface area contributed by atoms with E-state index in [4.69, 9.17) is 9.63 Å². The lowest BCUT2D eigenvalue weighted by molar-refractivity contribution is 0.241. The van der Waals surface area contributed by atoms with E-state index >= 15 is 0 Å².